The molecule has 0 saturated carbocycles. The summed E-state index contributed by atoms with van der Waals surface area (Å²) in [6.07, 6.45) is 0.486. The van der Waals surface area contributed by atoms with Gasteiger partial charge in [-0.2, -0.15) is 15.3 Å². The monoisotopic (exact) mass is 2320 g/mol. The van der Waals surface area contributed by atoms with Crippen LogP contribution in [0.25, 0.3) is 0 Å². The lowest BCUT2D eigenvalue weighted by atomic mass is 10.2. The zero-order valence-corrected chi connectivity index (χ0v) is 96.1. The van der Waals surface area contributed by atoms with E-state index in [1.807, 2.05) is 97.9 Å². The highest BCUT2D eigenvalue weighted by atomic mass is 79.9. The van der Waals surface area contributed by atoms with E-state index in [1.54, 1.807) is 164 Å². The minimum absolute atomic E-state index is 0. The summed E-state index contributed by atoms with van der Waals surface area (Å²) in [5, 5.41) is 78.2. The van der Waals surface area contributed by atoms with Crippen molar-refractivity contribution >= 4 is 213 Å². The summed E-state index contributed by atoms with van der Waals surface area (Å²) in [6, 6.07) is 28.7. The molecule has 49 heteroatoms. The second kappa shape index (κ2) is 80.9. The van der Waals surface area contributed by atoms with Gasteiger partial charge in [0.25, 0.3) is 37.8 Å². The van der Waals surface area contributed by atoms with Gasteiger partial charge in [-0.25, -0.2) is 24.4 Å². The number of benzene rings is 4. The first kappa shape index (κ1) is 154. The Kier molecular flexibility index (Phi) is 87.1. The lowest BCUT2D eigenvalue weighted by Crippen LogP contribution is -2.32. The number of amidine groups is 3. The summed E-state index contributed by atoms with van der Waals surface area (Å²) < 4.78 is 61.7. The quantitative estimate of drug-likeness (QED) is 0.00681. The summed E-state index contributed by atoms with van der Waals surface area (Å²) in [5.41, 5.74) is 24.3. The largest absolute Gasteiger partial charge is 0.509 e. The van der Waals surface area contributed by atoms with Gasteiger partial charge in [0.1, 0.15) is 76.3 Å². The van der Waals surface area contributed by atoms with Crippen LogP contribution in [0.1, 0.15) is 168 Å². The molecule has 0 spiro atoms. The number of fused-ring (bicyclic) bond motifs is 1. The maximum Gasteiger partial charge on any atom is 0.415 e. The zero-order valence-electron chi connectivity index (χ0n) is 85.9. The smallest absolute Gasteiger partial charge is 0.415 e. The van der Waals surface area contributed by atoms with Crippen molar-refractivity contribution in [2.24, 2.45) is 31.9 Å². The topological polar surface area (TPSA) is 576 Å². The molecular weight excluding hydrogens is 2160 g/mol. The van der Waals surface area contributed by atoms with E-state index in [1.165, 1.54) is 51.2 Å². The first-order valence-electron chi connectivity index (χ1n) is 44.2. The number of nitrogen functional groups attached to an aromatic ring is 1. The highest BCUT2D eigenvalue weighted by molar-refractivity contribution is 9.26. The number of carbonyl (C=O) groups excluding carboxylic acids is 7. The van der Waals surface area contributed by atoms with Crippen LogP contribution in [0.15, 0.2) is 166 Å². The van der Waals surface area contributed by atoms with Gasteiger partial charge in [0.15, 0.2) is 11.4 Å². The number of likely N-dealkylation sites (N-methyl/N-ethyl adjacent to an activating group) is 5. The maximum atomic E-state index is 13.1. The summed E-state index contributed by atoms with van der Waals surface area (Å²) >= 11 is 19.5. The lowest BCUT2D eigenvalue weighted by molar-refractivity contribution is -0.138. The van der Waals surface area contributed by atoms with Crippen molar-refractivity contribution in [3.8, 4) is 12.1 Å². The third-order valence-electron chi connectivity index (χ3n) is 17.6. The number of aliphatic imine (C=N–C) groups is 2. The van der Waals surface area contributed by atoms with E-state index in [4.69, 9.17) is 85.2 Å². The number of nitrogens with one attached hydrogen (secondary N) is 2. The molecule has 811 valence electrons. The molecule has 8 heterocycles. The Hall–Kier alpha value is -9.23. The second-order valence-corrected chi connectivity index (χ2v) is 50.8. The van der Waals surface area contributed by atoms with Gasteiger partial charge in [-0.15, -0.1) is 55.9 Å². The number of aliphatic hydroxyl groups is 5. The van der Waals surface area contributed by atoms with Crippen LogP contribution in [0.2, 0.25) is 37.0 Å². The molecule has 6 amide bonds. The number of alkyl halides is 2. The number of nitrogens with zero attached hydrogens (tertiary/aromatic N) is 10. The third kappa shape index (κ3) is 53.1. The Balaban J connectivity index is -0.000000154. The van der Waals surface area contributed by atoms with Gasteiger partial charge in [-0.05, 0) is 162 Å². The average molecular weight is 2330 g/mol. The zero-order chi connectivity index (χ0) is 108. The summed E-state index contributed by atoms with van der Waals surface area (Å²) in [7, 11) is 0.823. The molecule has 12 rings (SSSR count). The number of ether oxygens (including phenoxy) is 3. The fourth-order valence-corrected chi connectivity index (χ4v) is 14.2. The number of hydrogen-bond acceptors (Lipinski definition) is 28. The normalized spacial score (nSPS) is 18.9. The van der Waals surface area contributed by atoms with Crippen molar-refractivity contribution in [2.45, 2.75) is 252 Å². The molecule has 38 nitrogen and oxygen atoms in total. The van der Waals surface area contributed by atoms with E-state index >= 15 is 0 Å². The third-order valence-corrected chi connectivity index (χ3v) is 23.2. The van der Waals surface area contributed by atoms with E-state index in [0.717, 1.165) is 27.8 Å². The van der Waals surface area contributed by atoms with Crippen LogP contribution in [0.4, 0.5) is 37.0 Å². The predicted octanol–water partition coefficient (Wildman–Crippen LogP) is 19.8. The van der Waals surface area contributed by atoms with Gasteiger partial charge in [0.2, 0.25) is 6.29 Å². The Morgan fingerprint density at radius 3 is 1.30 bits per heavy atom. The molecular formula is C94H161AlBBr3Cl2FN16O22P2Si. The minimum atomic E-state index is -3.59. The Morgan fingerprint density at radius 2 is 1.03 bits per heavy atom. The SMILES string of the molecule is C.C.C.C1CCOC1.CC.CC.CC.CC.CC#N.CCOP(=O)(OCC)c1ccccc1N=C(N)C1=C(O)[C@H](C)N(C)C1=O.CCOP1(=O)N=C(C2=C(O)[C@H](C)N(C)C2=O)Nc2ccccc21.C[C@@H]1NC(=O)OC1=O.C[C@H](N)C(=O)O.C[C@H]1C(O)=C(C#N)C(=O)N1C.C[C@H]1C(O)=C(C(N)=Nc2ccccc2Br)C(=O)N1C.C[C@H]1C(O)OC(=O)N1C.C[Si](C)(C)Br.ClCCl.F.Nc1ccccc1Br.[2HH].[B].[CH3][Al]([CH3])[CH3]. The first-order chi connectivity index (χ1) is 64.5. The second-order valence-electron chi connectivity index (χ2n) is 29.6. The number of aliphatic carboxylic acids is 1. The number of carboxylic acid groups (broad SMARTS) is 1. The van der Waals surface area contributed by atoms with E-state index < -0.39 is 88.2 Å². The van der Waals surface area contributed by atoms with Gasteiger partial charge < -0.3 is 116 Å². The van der Waals surface area contributed by atoms with Gasteiger partial charge in [-0.3, -0.25) is 37.8 Å². The average Bonchev–Trinajstić information content (AvgIpc) is 1.43. The number of carbonyl (C=O) groups is 8. The van der Waals surface area contributed by atoms with Crippen molar-refractivity contribution in [2.75, 3.05) is 84.7 Å². The van der Waals surface area contributed by atoms with E-state index in [9.17, 15) is 67.9 Å². The molecule has 0 aromatic heterocycles. The molecule has 2 unspecified atom stereocenters. The van der Waals surface area contributed by atoms with Crippen molar-refractivity contribution in [1.82, 2.24) is 29.8 Å². The molecule has 4 aromatic rings. The fourth-order valence-electron chi connectivity index (χ4n) is 10.1. The van der Waals surface area contributed by atoms with Crippen LogP contribution in [-0.2, 0) is 65.7 Å². The molecule has 0 bridgehead atoms. The van der Waals surface area contributed by atoms with Gasteiger partial charge in [0.05, 0.1) is 89.1 Å². The van der Waals surface area contributed by atoms with E-state index in [2.05, 4.69) is 119 Å². The Bertz CT molecular complexity index is 4920. The van der Waals surface area contributed by atoms with Gasteiger partial charge in [-0.1, -0.05) is 146 Å². The number of esters is 1. The van der Waals surface area contributed by atoms with Crippen molar-refractivity contribution in [3.05, 3.63) is 151 Å². The Morgan fingerprint density at radius 1 is 0.664 bits per heavy atom. The molecule has 9 atom stereocenters. The molecule has 16 N–H and O–H groups in total. The number of carboxylic acids is 1. The van der Waals surface area contributed by atoms with Crippen LogP contribution in [0.3, 0.4) is 0 Å². The van der Waals surface area contributed by atoms with Crippen molar-refractivity contribution in [1.29, 1.82) is 10.5 Å². The minimum Gasteiger partial charge on any atom is -0.509 e. The number of para-hydroxylation sites is 4. The van der Waals surface area contributed by atoms with Gasteiger partial charge in [0, 0.05) is 79.8 Å². The van der Waals surface area contributed by atoms with Crippen LogP contribution in [0.5, 0.6) is 0 Å². The molecule has 3 fully saturated rings. The number of nitriles is 2. The number of anilines is 2. The molecule has 4 aromatic carbocycles. The standard InChI is InChI=1S/C17H24N3O5P.C15H18N3O4P.C13H14BrN3O2.C7H8N2O2.C6H6BrN.C5H9NO3.C4H5NO3.C4H8O.C3H9BrSi.C3H7NO2.C2H3N.4C2H6.CH2Cl2.3CH4.3CH3.Al.B.FH.H2/c1-5-24-26(23,25-6-2)13-10-8-7-9-12(13)19-16(18)14-15(21)11(3)20(4)17(14)22;1-4-22-23(21)11-8-6-5-7-10(11)16-14(17-23)12-13(19)9(2)18(3)15(12)20;1-7-11(18)10(13(19)17(7)2)12(15)16-9-6-4-3-5-8(9)14;1-4-6(10)5(3-8)7(11)9(4)2;7-5-3-1-2-4-6(5)8;1-3-4(7)9-5(8)6(3)2;1-2-3(6)8-4(7)5-2;1-2-4-5-3-1;1-5(2,3)4;1-2(4)3(5)6;1-2-3;4*1-2;2-1-3;;;;;;;;;;/h7-11,21H,5-6H2,1-4H3,(H2,18,19);5-9,19H,4H2,1-3H3,(H,16,17,21);3-7,18H,1-2H3,(H2,15,16);4,10H,1-2H3;1-4H,8H2;3-4,7H,1-2H3;2H,1H3,(H,5,7);1-4H2;1-3H3;2H,4H2,1H3,(H,5,6);1H3;4*1-2H3;1H2;3*1H4;3*1H3;;;2*1H/t11-;9-,23?;7-;4-;;3-,4?;2-;;;2-;;;;;;;;;;;;;;;;/m0000.00..0................/s1/i;;;;;;;;;;;;;;;;;;;;;;;;;1+1. The van der Waals surface area contributed by atoms with Crippen molar-refractivity contribution in [3.63, 3.8) is 0 Å². The van der Waals surface area contributed by atoms with Gasteiger partial charge >= 0.3 is 39.2 Å². The molecule has 143 heavy (non-hydrogen) atoms. The summed E-state index contributed by atoms with van der Waals surface area (Å²) in [4.78, 5) is 103. The fraction of sp³-hybridized carbons (Fsp3) is 0.521. The number of rotatable bonds is 13. The Labute approximate surface area is 891 Å². The number of nitrogens with two attached hydrogens (primary N) is 4. The first-order valence-corrected chi connectivity index (χ1v) is 59.2. The summed E-state index contributed by atoms with van der Waals surface area (Å²) in [6.45, 7) is 42.6. The molecule has 0 aliphatic carbocycles. The van der Waals surface area contributed by atoms with E-state index in [-0.39, 0.29) is 180 Å². The van der Waals surface area contributed by atoms with Crippen LogP contribution in [-0.4, -0.2) is 272 Å². The molecule has 3 saturated heterocycles. The predicted molar refractivity (Wildman–Crippen MR) is 596 cm³/mol. The summed E-state index contributed by atoms with van der Waals surface area (Å²) in [5.74, 6) is 3.47. The molecule has 3 radical (unpaired) electrons. The molecule has 8 aliphatic rings. The number of halogens is 6. The van der Waals surface area contributed by atoms with Crippen molar-refractivity contribution < 1.29 is 112 Å². The van der Waals surface area contributed by atoms with E-state index in [0.29, 0.717) is 16.7 Å². The van der Waals surface area contributed by atoms with Crippen LogP contribution in [0, 0.1) is 22.7 Å². The number of hydrogen-bond donors (Lipinski definition) is 12. The number of aliphatic hydroxyl groups excluding tert-OH is 5. The number of amides is 6. The van der Waals surface area contributed by atoms with Crippen LogP contribution >= 0.6 is 85.5 Å². The molecule has 8 aliphatic heterocycles. The lowest BCUT2D eigenvalue weighted by Gasteiger charge is -2.24. The maximum absolute atomic E-state index is 13.1. The number of alkyl carbamates (subject to hydrolysis) is 1. The highest BCUT2D eigenvalue weighted by Gasteiger charge is 2.44. The van der Waals surface area contributed by atoms with Crippen LogP contribution < -0.4 is 44.2 Å². The highest BCUT2D eigenvalue weighted by Crippen LogP contribution is 2.53. The number of cyclic esters (lactones) is 3.